The third kappa shape index (κ3) is 1.37. The standard InChI is InChI=1S/C9H9BrN2O2/c1-9(2)6(10)3-5-7(13)11-4-12-8(5)14-9/h3-4H,1-2H3,(H,11,12,13). The molecular formula is C9H9BrN2O2. The molecule has 1 aliphatic heterocycles. The van der Waals surface area contributed by atoms with E-state index in [0.29, 0.717) is 11.4 Å². The van der Waals surface area contributed by atoms with Gasteiger partial charge in [-0.25, -0.2) is 9.97 Å². The van der Waals surface area contributed by atoms with Gasteiger partial charge >= 0.3 is 0 Å². The van der Waals surface area contributed by atoms with Crippen LogP contribution in [0.1, 0.15) is 19.4 Å². The van der Waals surface area contributed by atoms with Crippen molar-refractivity contribution in [3.63, 3.8) is 0 Å². The van der Waals surface area contributed by atoms with Crippen molar-refractivity contribution < 1.29 is 9.84 Å². The first kappa shape index (κ1) is 9.45. The molecule has 0 aliphatic carbocycles. The molecule has 0 saturated carbocycles. The average molecular weight is 257 g/mol. The Balaban J connectivity index is 2.59. The molecule has 2 heterocycles. The van der Waals surface area contributed by atoms with Gasteiger partial charge in [0.15, 0.2) is 0 Å². The third-order valence-electron chi connectivity index (χ3n) is 2.02. The van der Waals surface area contributed by atoms with Crippen LogP contribution in [-0.4, -0.2) is 20.7 Å². The van der Waals surface area contributed by atoms with Gasteiger partial charge in [0.25, 0.3) is 0 Å². The molecule has 0 fully saturated rings. The van der Waals surface area contributed by atoms with Crippen molar-refractivity contribution in [3.8, 4) is 11.8 Å². The lowest BCUT2D eigenvalue weighted by Crippen LogP contribution is -2.31. The Kier molecular flexibility index (Phi) is 1.99. The van der Waals surface area contributed by atoms with Gasteiger partial charge in [-0.2, -0.15) is 0 Å². The lowest BCUT2D eigenvalue weighted by atomic mass is 10.1. The zero-order chi connectivity index (χ0) is 10.3. The molecule has 0 amide bonds. The lowest BCUT2D eigenvalue weighted by Gasteiger charge is -2.29. The molecule has 4 nitrogen and oxygen atoms in total. The Morgan fingerprint density at radius 1 is 1.43 bits per heavy atom. The molecule has 0 atom stereocenters. The van der Waals surface area contributed by atoms with Crippen LogP contribution in [0.2, 0.25) is 0 Å². The second-order valence-electron chi connectivity index (χ2n) is 3.52. The molecule has 1 aromatic heterocycles. The molecule has 0 saturated heterocycles. The number of hydrogen-bond donors (Lipinski definition) is 1. The zero-order valence-corrected chi connectivity index (χ0v) is 9.37. The van der Waals surface area contributed by atoms with Gasteiger partial charge in [-0.1, -0.05) is 15.9 Å². The maximum absolute atomic E-state index is 9.45. The minimum absolute atomic E-state index is 0.0672. The Morgan fingerprint density at radius 2 is 2.14 bits per heavy atom. The number of hydrogen-bond acceptors (Lipinski definition) is 4. The SMILES string of the molecule is CC1(C)Oc2ncnc(O)c2C=C1Br. The predicted octanol–water partition coefficient (Wildman–Crippen LogP) is 2.09. The monoisotopic (exact) mass is 256 g/mol. The first-order valence-electron chi connectivity index (χ1n) is 4.11. The summed E-state index contributed by atoms with van der Waals surface area (Å²) in [6.45, 7) is 3.82. The second kappa shape index (κ2) is 2.95. The number of rotatable bonds is 0. The van der Waals surface area contributed by atoms with E-state index in [9.17, 15) is 5.11 Å². The molecule has 1 aromatic rings. The van der Waals surface area contributed by atoms with Crippen LogP contribution in [0, 0.1) is 0 Å². The second-order valence-corrected chi connectivity index (χ2v) is 4.38. The highest BCUT2D eigenvalue weighted by molar-refractivity contribution is 9.11. The van der Waals surface area contributed by atoms with E-state index < -0.39 is 5.60 Å². The van der Waals surface area contributed by atoms with Crippen molar-refractivity contribution in [1.82, 2.24) is 9.97 Å². The summed E-state index contributed by atoms with van der Waals surface area (Å²) in [5.41, 5.74) is 0.0621. The Hall–Kier alpha value is -1.10. The van der Waals surface area contributed by atoms with Gasteiger partial charge in [-0.3, -0.25) is 0 Å². The molecule has 2 rings (SSSR count). The molecule has 1 N–H and O–H groups in total. The number of ether oxygens (including phenoxy) is 1. The molecular weight excluding hydrogens is 248 g/mol. The first-order valence-corrected chi connectivity index (χ1v) is 4.90. The minimum atomic E-state index is -0.451. The predicted molar refractivity (Wildman–Crippen MR) is 55.3 cm³/mol. The highest BCUT2D eigenvalue weighted by Gasteiger charge is 2.31. The third-order valence-corrected chi connectivity index (χ3v) is 3.21. The first-order chi connectivity index (χ1) is 6.50. The number of fused-ring (bicyclic) bond motifs is 1. The summed E-state index contributed by atoms with van der Waals surface area (Å²) in [7, 11) is 0. The van der Waals surface area contributed by atoms with E-state index in [1.165, 1.54) is 6.33 Å². The number of nitrogens with zero attached hydrogens (tertiary/aromatic N) is 2. The Morgan fingerprint density at radius 3 is 2.86 bits per heavy atom. The van der Waals surface area contributed by atoms with Crippen molar-refractivity contribution in [2.75, 3.05) is 0 Å². The molecule has 1 aliphatic rings. The summed E-state index contributed by atoms with van der Waals surface area (Å²) < 4.78 is 6.44. The zero-order valence-electron chi connectivity index (χ0n) is 7.78. The topological polar surface area (TPSA) is 55.2 Å². The highest BCUT2D eigenvalue weighted by atomic mass is 79.9. The lowest BCUT2D eigenvalue weighted by molar-refractivity contribution is 0.147. The van der Waals surface area contributed by atoms with Crippen molar-refractivity contribution in [3.05, 3.63) is 16.4 Å². The fourth-order valence-electron chi connectivity index (χ4n) is 1.17. The normalized spacial score (nSPS) is 18.1. The van der Waals surface area contributed by atoms with Crippen LogP contribution in [-0.2, 0) is 0 Å². The van der Waals surface area contributed by atoms with Gasteiger partial charge in [-0.05, 0) is 19.9 Å². The Bertz CT molecular complexity index is 415. The van der Waals surface area contributed by atoms with Crippen LogP contribution in [0.3, 0.4) is 0 Å². The van der Waals surface area contributed by atoms with E-state index in [1.54, 1.807) is 6.08 Å². The summed E-state index contributed by atoms with van der Waals surface area (Å²) in [6, 6.07) is 0. The largest absolute Gasteiger partial charge is 0.493 e. The van der Waals surface area contributed by atoms with Crippen LogP contribution in [0.15, 0.2) is 10.8 Å². The van der Waals surface area contributed by atoms with Crippen LogP contribution < -0.4 is 4.74 Å². The number of aromatic hydroxyl groups is 1. The van der Waals surface area contributed by atoms with E-state index in [0.717, 1.165) is 4.48 Å². The van der Waals surface area contributed by atoms with E-state index in [4.69, 9.17) is 4.74 Å². The van der Waals surface area contributed by atoms with Crippen LogP contribution in [0.4, 0.5) is 0 Å². The van der Waals surface area contributed by atoms with Gasteiger partial charge in [0.2, 0.25) is 11.8 Å². The summed E-state index contributed by atoms with van der Waals surface area (Å²) in [4.78, 5) is 7.63. The molecule has 5 heteroatoms. The molecule has 0 spiro atoms. The summed E-state index contributed by atoms with van der Waals surface area (Å²) in [6.07, 6.45) is 3.05. The maximum atomic E-state index is 9.45. The van der Waals surface area contributed by atoms with E-state index in [2.05, 4.69) is 25.9 Å². The maximum Gasteiger partial charge on any atom is 0.228 e. The van der Waals surface area contributed by atoms with E-state index in [-0.39, 0.29) is 5.88 Å². The molecule has 0 radical (unpaired) electrons. The van der Waals surface area contributed by atoms with E-state index >= 15 is 0 Å². The van der Waals surface area contributed by atoms with Crippen molar-refractivity contribution in [2.45, 2.75) is 19.4 Å². The van der Waals surface area contributed by atoms with Crippen LogP contribution in [0.25, 0.3) is 6.08 Å². The van der Waals surface area contributed by atoms with Crippen molar-refractivity contribution >= 4 is 22.0 Å². The average Bonchev–Trinajstić information content (AvgIpc) is 2.08. The molecule has 14 heavy (non-hydrogen) atoms. The summed E-state index contributed by atoms with van der Waals surface area (Å²) in [5, 5.41) is 9.45. The fourth-order valence-corrected chi connectivity index (χ4v) is 1.48. The summed E-state index contributed by atoms with van der Waals surface area (Å²) >= 11 is 3.38. The Labute approximate surface area is 89.8 Å². The van der Waals surface area contributed by atoms with Gasteiger partial charge in [-0.15, -0.1) is 0 Å². The fraction of sp³-hybridized carbons (Fsp3) is 0.333. The van der Waals surface area contributed by atoms with Crippen molar-refractivity contribution in [1.29, 1.82) is 0 Å². The molecule has 0 aromatic carbocycles. The highest BCUT2D eigenvalue weighted by Crippen LogP contribution is 2.39. The summed E-state index contributed by atoms with van der Waals surface area (Å²) in [5.74, 6) is 0.341. The van der Waals surface area contributed by atoms with Crippen LogP contribution >= 0.6 is 15.9 Å². The van der Waals surface area contributed by atoms with Gasteiger partial charge in [0, 0.05) is 4.48 Å². The molecule has 0 unspecified atom stereocenters. The molecule has 0 bridgehead atoms. The van der Waals surface area contributed by atoms with Gasteiger partial charge in [0.1, 0.15) is 11.9 Å². The minimum Gasteiger partial charge on any atom is -0.493 e. The smallest absolute Gasteiger partial charge is 0.228 e. The van der Waals surface area contributed by atoms with E-state index in [1.807, 2.05) is 13.8 Å². The van der Waals surface area contributed by atoms with Gasteiger partial charge < -0.3 is 9.84 Å². The quantitative estimate of drug-likeness (QED) is 0.773. The number of aromatic nitrogens is 2. The van der Waals surface area contributed by atoms with Gasteiger partial charge in [0.05, 0.1) is 5.56 Å². The van der Waals surface area contributed by atoms with Crippen molar-refractivity contribution in [2.24, 2.45) is 0 Å². The van der Waals surface area contributed by atoms with Crippen LogP contribution in [0.5, 0.6) is 11.8 Å². The molecule has 74 valence electrons. The number of halogens is 1.